The Hall–Kier alpha value is -3.15. The first-order valence-corrected chi connectivity index (χ1v) is 7.84. The van der Waals surface area contributed by atoms with Crippen molar-refractivity contribution in [3.05, 3.63) is 89.9 Å². The first-order chi connectivity index (χ1) is 12.1. The molecule has 1 aromatic carbocycles. The number of furan rings is 1. The lowest BCUT2D eigenvalue weighted by Crippen LogP contribution is -2.39. The van der Waals surface area contributed by atoms with E-state index in [0.29, 0.717) is 23.6 Å². The highest BCUT2D eigenvalue weighted by molar-refractivity contribution is 5.74. The van der Waals surface area contributed by atoms with E-state index in [0.717, 1.165) is 0 Å². The highest BCUT2D eigenvalue weighted by Gasteiger charge is 2.21. The van der Waals surface area contributed by atoms with Gasteiger partial charge in [0.2, 0.25) is 0 Å². The zero-order valence-corrected chi connectivity index (χ0v) is 13.7. The van der Waals surface area contributed by atoms with Gasteiger partial charge in [0.25, 0.3) is 0 Å². The normalized spacial score (nSPS) is 11.8. The van der Waals surface area contributed by atoms with Crippen molar-refractivity contribution < 1.29 is 13.6 Å². The molecule has 0 unspecified atom stereocenters. The average Bonchev–Trinajstić information content (AvgIpc) is 3.13. The van der Waals surface area contributed by atoms with Gasteiger partial charge in [-0.25, -0.2) is 9.18 Å². The first-order valence-electron chi connectivity index (χ1n) is 7.84. The SMILES string of the molecule is CN(Cc1ccco1)C(=O)N[C@H](c1cccc(F)c1)c1ccccn1. The molecular weight excluding hydrogens is 321 g/mol. The van der Waals surface area contributed by atoms with Crippen molar-refractivity contribution in [2.75, 3.05) is 7.05 Å². The average molecular weight is 339 g/mol. The van der Waals surface area contributed by atoms with Crippen LogP contribution in [-0.2, 0) is 6.54 Å². The molecule has 1 N–H and O–H groups in total. The summed E-state index contributed by atoms with van der Waals surface area (Å²) in [6.45, 7) is 0.330. The zero-order valence-electron chi connectivity index (χ0n) is 13.7. The molecule has 6 heteroatoms. The molecule has 0 radical (unpaired) electrons. The number of benzene rings is 1. The van der Waals surface area contributed by atoms with Gasteiger partial charge in [0, 0.05) is 13.2 Å². The summed E-state index contributed by atoms with van der Waals surface area (Å²) in [5, 5.41) is 2.91. The van der Waals surface area contributed by atoms with Crippen LogP contribution in [0.2, 0.25) is 0 Å². The molecule has 0 aliphatic carbocycles. The van der Waals surface area contributed by atoms with Crippen LogP contribution in [0, 0.1) is 5.82 Å². The second-order valence-electron chi connectivity index (χ2n) is 5.63. The number of hydrogen-bond acceptors (Lipinski definition) is 3. The molecule has 0 bridgehead atoms. The van der Waals surface area contributed by atoms with E-state index in [2.05, 4.69) is 10.3 Å². The zero-order chi connectivity index (χ0) is 17.6. The molecule has 5 nitrogen and oxygen atoms in total. The summed E-state index contributed by atoms with van der Waals surface area (Å²) >= 11 is 0. The number of hydrogen-bond donors (Lipinski definition) is 1. The Morgan fingerprint density at radius 1 is 1.24 bits per heavy atom. The van der Waals surface area contributed by atoms with E-state index in [9.17, 15) is 9.18 Å². The maximum atomic E-state index is 13.6. The van der Waals surface area contributed by atoms with Gasteiger partial charge in [-0.3, -0.25) is 4.98 Å². The van der Waals surface area contributed by atoms with E-state index in [-0.39, 0.29) is 11.8 Å². The number of carbonyl (C=O) groups is 1. The first kappa shape index (κ1) is 16.7. The minimum Gasteiger partial charge on any atom is -0.467 e. The summed E-state index contributed by atoms with van der Waals surface area (Å²) in [5.74, 6) is 0.314. The van der Waals surface area contributed by atoms with E-state index in [1.807, 2.05) is 6.07 Å². The Morgan fingerprint density at radius 2 is 2.12 bits per heavy atom. The number of rotatable bonds is 5. The number of aromatic nitrogens is 1. The van der Waals surface area contributed by atoms with Gasteiger partial charge in [-0.2, -0.15) is 0 Å². The summed E-state index contributed by atoms with van der Waals surface area (Å²) in [7, 11) is 1.67. The summed E-state index contributed by atoms with van der Waals surface area (Å²) in [4.78, 5) is 18.4. The maximum absolute atomic E-state index is 13.6. The standard InChI is InChI=1S/C19H18FN3O2/c1-23(13-16-8-5-11-25-16)19(24)22-18(17-9-2-3-10-21-17)14-6-4-7-15(20)12-14/h2-12,18H,13H2,1H3,(H,22,24)/t18-/m1/s1. The molecule has 0 aliphatic heterocycles. The highest BCUT2D eigenvalue weighted by atomic mass is 19.1. The molecule has 0 fully saturated rings. The summed E-state index contributed by atoms with van der Waals surface area (Å²) in [5.41, 5.74) is 1.26. The molecule has 3 aromatic rings. The lowest BCUT2D eigenvalue weighted by molar-refractivity contribution is 0.200. The fourth-order valence-electron chi connectivity index (χ4n) is 2.50. The predicted molar refractivity (Wildman–Crippen MR) is 91.2 cm³/mol. The number of urea groups is 1. The molecule has 1 atom stereocenters. The van der Waals surface area contributed by atoms with Crippen molar-refractivity contribution in [1.82, 2.24) is 15.2 Å². The predicted octanol–water partition coefficient (Wildman–Crippen LogP) is 3.74. The van der Waals surface area contributed by atoms with E-state index in [1.165, 1.54) is 17.0 Å². The lowest BCUT2D eigenvalue weighted by atomic mass is 10.0. The van der Waals surface area contributed by atoms with Crippen LogP contribution in [0.25, 0.3) is 0 Å². The van der Waals surface area contributed by atoms with Gasteiger partial charge < -0.3 is 14.6 Å². The number of carbonyl (C=O) groups excluding carboxylic acids is 1. The maximum Gasteiger partial charge on any atom is 0.318 e. The molecular formula is C19H18FN3O2. The van der Waals surface area contributed by atoms with Crippen LogP contribution in [-0.4, -0.2) is 23.0 Å². The van der Waals surface area contributed by atoms with Gasteiger partial charge in [-0.05, 0) is 42.0 Å². The Balaban J connectivity index is 1.81. The number of pyridine rings is 1. The topological polar surface area (TPSA) is 58.4 Å². The number of halogens is 1. The third-order valence-corrected chi connectivity index (χ3v) is 3.75. The third-order valence-electron chi connectivity index (χ3n) is 3.75. The molecule has 0 saturated carbocycles. The van der Waals surface area contributed by atoms with E-state index >= 15 is 0 Å². The van der Waals surface area contributed by atoms with Crippen LogP contribution in [0.3, 0.4) is 0 Å². The lowest BCUT2D eigenvalue weighted by Gasteiger charge is -2.23. The number of nitrogens with one attached hydrogen (secondary N) is 1. The Labute approximate surface area is 145 Å². The molecule has 3 rings (SSSR count). The largest absolute Gasteiger partial charge is 0.467 e. The van der Waals surface area contributed by atoms with Gasteiger partial charge in [0.15, 0.2) is 0 Å². The fourth-order valence-corrected chi connectivity index (χ4v) is 2.50. The van der Waals surface area contributed by atoms with Crippen LogP contribution >= 0.6 is 0 Å². The van der Waals surface area contributed by atoms with Crippen LogP contribution in [0.1, 0.15) is 23.1 Å². The van der Waals surface area contributed by atoms with Crippen molar-refractivity contribution in [1.29, 1.82) is 0 Å². The van der Waals surface area contributed by atoms with E-state index < -0.39 is 6.04 Å². The minimum atomic E-state index is -0.552. The molecule has 128 valence electrons. The van der Waals surface area contributed by atoms with Gasteiger partial charge >= 0.3 is 6.03 Å². The highest BCUT2D eigenvalue weighted by Crippen LogP contribution is 2.21. The van der Waals surface area contributed by atoms with E-state index in [4.69, 9.17) is 4.42 Å². The van der Waals surface area contributed by atoms with Gasteiger partial charge in [-0.1, -0.05) is 18.2 Å². The summed E-state index contributed by atoms with van der Waals surface area (Å²) < 4.78 is 18.9. The smallest absolute Gasteiger partial charge is 0.318 e. The number of nitrogens with zero attached hydrogens (tertiary/aromatic N) is 2. The van der Waals surface area contributed by atoms with Gasteiger partial charge in [0.1, 0.15) is 11.6 Å². The minimum absolute atomic E-state index is 0.309. The van der Waals surface area contributed by atoms with Crippen LogP contribution in [0.5, 0.6) is 0 Å². The molecule has 2 amide bonds. The number of amides is 2. The van der Waals surface area contributed by atoms with E-state index in [1.54, 1.807) is 55.9 Å². The molecule has 2 heterocycles. The fraction of sp³-hybridized carbons (Fsp3) is 0.158. The Bertz CT molecular complexity index is 822. The Morgan fingerprint density at radius 3 is 2.80 bits per heavy atom. The van der Waals surface area contributed by atoms with Crippen molar-refractivity contribution in [3.63, 3.8) is 0 Å². The molecule has 0 aliphatic rings. The van der Waals surface area contributed by atoms with Crippen LogP contribution < -0.4 is 5.32 Å². The molecule has 0 spiro atoms. The molecule has 2 aromatic heterocycles. The molecule has 25 heavy (non-hydrogen) atoms. The monoisotopic (exact) mass is 339 g/mol. The third kappa shape index (κ3) is 4.23. The summed E-state index contributed by atoms with van der Waals surface area (Å²) in [6.07, 6.45) is 3.20. The van der Waals surface area contributed by atoms with Crippen molar-refractivity contribution in [2.45, 2.75) is 12.6 Å². The van der Waals surface area contributed by atoms with Gasteiger partial charge in [-0.15, -0.1) is 0 Å². The van der Waals surface area contributed by atoms with Crippen molar-refractivity contribution in [3.8, 4) is 0 Å². The second-order valence-corrected chi connectivity index (χ2v) is 5.63. The summed E-state index contributed by atoms with van der Waals surface area (Å²) in [6, 6.07) is 14.2. The van der Waals surface area contributed by atoms with Crippen molar-refractivity contribution in [2.24, 2.45) is 0 Å². The quantitative estimate of drug-likeness (QED) is 0.770. The molecule has 0 saturated heterocycles. The van der Waals surface area contributed by atoms with Crippen LogP contribution in [0.15, 0.2) is 71.5 Å². The van der Waals surface area contributed by atoms with Crippen LogP contribution in [0.4, 0.5) is 9.18 Å². The van der Waals surface area contributed by atoms with Gasteiger partial charge in [0.05, 0.1) is 24.5 Å². The Kier molecular flexibility index (Phi) is 5.09. The second kappa shape index (κ2) is 7.61. The van der Waals surface area contributed by atoms with Crippen molar-refractivity contribution >= 4 is 6.03 Å².